The maximum Gasteiger partial charge on any atom is -0.0104 e. The topological polar surface area (TPSA) is 0 Å². The molecule has 0 aliphatic carbocycles. The first-order valence-electron chi connectivity index (χ1n) is 2.72. The van der Waals surface area contributed by atoms with Crippen molar-refractivity contribution in [2.24, 2.45) is 0 Å². The summed E-state index contributed by atoms with van der Waals surface area (Å²) in [4.78, 5) is 0. The van der Waals surface area contributed by atoms with E-state index in [1.807, 2.05) is 13.0 Å². The minimum atomic E-state index is 0.931. The van der Waals surface area contributed by atoms with Gasteiger partial charge in [0.2, 0.25) is 0 Å². The molecule has 0 heteroatoms. The summed E-state index contributed by atoms with van der Waals surface area (Å²) in [6, 6.07) is 0. The maximum absolute atomic E-state index is 3.74. The van der Waals surface area contributed by atoms with E-state index in [1.54, 1.807) is 6.08 Å². The predicted octanol–water partition coefficient (Wildman–Crippen LogP) is 2.69. The zero-order chi connectivity index (χ0) is 6.41. The minimum Gasteiger partial charge on any atom is -0.0988 e. The van der Waals surface area contributed by atoms with Crippen molar-refractivity contribution >= 4 is 0 Å². The highest BCUT2D eigenvalue weighted by molar-refractivity contribution is 5.14. The molecule has 0 saturated heterocycles. The summed E-state index contributed by atoms with van der Waals surface area (Å²) in [5, 5.41) is 0. The molecule has 8 heavy (non-hydrogen) atoms. The zero-order valence-corrected chi connectivity index (χ0v) is 5.35. The van der Waals surface area contributed by atoms with Crippen molar-refractivity contribution < 1.29 is 0 Å². The fraction of sp³-hybridized carbons (Fsp3) is 0.250. The molecule has 0 fully saturated rings. The normalized spacial score (nSPS) is 9.62. The maximum atomic E-state index is 3.74. The summed E-state index contributed by atoms with van der Waals surface area (Å²) in [5.41, 5.74) is 1.07. The first-order valence-corrected chi connectivity index (χ1v) is 2.72. The zero-order valence-electron chi connectivity index (χ0n) is 5.35. The summed E-state index contributed by atoms with van der Waals surface area (Å²) < 4.78 is 0. The average Bonchev–Trinajstić information content (AvgIpc) is 1.83. The third kappa shape index (κ3) is 3.41. The van der Waals surface area contributed by atoms with Gasteiger partial charge in [-0.3, -0.25) is 0 Å². The highest BCUT2D eigenvalue weighted by atomic mass is 13.8. The van der Waals surface area contributed by atoms with E-state index < -0.39 is 0 Å². The van der Waals surface area contributed by atoms with Gasteiger partial charge in [-0.25, -0.2) is 0 Å². The van der Waals surface area contributed by atoms with Crippen LogP contribution in [0, 0.1) is 0 Å². The molecule has 0 aromatic rings. The number of hydrogen-bond donors (Lipinski definition) is 0. The van der Waals surface area contributed by atoms with Gasteiger partial charge >= 0.3 is 0 Å². The molecule has 0 amide bonds. The highest BCUT2D eigenvalue weighted by Gasteiger charge is 1.77. The Labute approximate surface area is 51.2 Å². The van der Waals surface area contributed by atoms with Gasteiger partial charge in [-0.2, -0.15) is 0 Å². The van der Waals surface area contributed by atoms with Crippen molar-refractivity contribution in [2.75, 3.05) is 0 Å². The third-order valence-corrected chi connectivity index (χ3v) is 0.904. The number of hydrogen-bond acceptors (Lipinski definition) is 0. The summed E-state index contributed by atoms with van der Waals surface area (Å²) in [6.07, 6.45) is 6.78. The Bertz CT molecular complexity index is 107. The van der Waals surface area contributed by atoms with E-state index in [2.05, 4.69) is 19.2 Å². The van der Waals surface area contributed by atoms with Gasteiger partial charge in [0.05, 0.1) is 0 Å². The molecule has 0 spiro atoms. The monoisotopic (exact) mass is 108 g/mol. The molecule has 0 aromatic heterocycles. The fourth-order valence-electron chi connectivity index (χ4n) is 0.353. The van der Waals surface area contributed by atoms with Gasteiger partial charge in [-0.15, -0.1) is 0 Å². The van der Waals surface area contributed by atoms with Crippen LogP contribution in [0.5, 0.6) is 0 Å². The second kappa shape index (κ2) is 4.38. The van der Waals surface area contributed by atoms with E-state index in [4.69, 9.17) is 0 Å². The van der Waals surface area contributed by atoms with Crippen LogP contribution in [-0.2, 0) is 0 Å². The molecular formula is C8H12. The van der Waals surface area contributed by atoms with E-state index in [-0.39, 0.29) is 0 Å². The summed E-state index contributed by atoms with van der Waals surface area (Å²) in [5.74, 6) is 0. The Morgan fingerprint density at radius 2 is 2.25 bits per heavy atom. The van der Waals surface area contributed by atoms with Gasteiger partial charge < -0.3 is 0 Å². The van der Waals surface area contributed by atoms with Crippen LogP contribution in [-0.4, -0.2) is 0 Å². The van der Waals surface area contributed by atoms with Gasteiger partial charge in [-0.05, 0) is 13.3 Å². The van der Waals surface area contributed by atoms with Crippen molar-refractivity contribution in [3.05, 3.63) is 37.0 Å². The van der Waals surface area contributed by atoms with E-state index in [1.165, 1.54) is 0 Å². The van der Waals surface area contributed by atoms with Gasteiger partial charge in [0, 0.05) is 0 Å². The molecule has 0 aliphatic rings. The van der Waals surface area contributed by atoms with Crippen LogP contribution in [0.4, 0.5) is 0 Å². The lowest BCUT2D eigenvalue weighted by Gasteiger charge is -1.87. The standard InChI is InChI=1S/C8H12/c1-4-6-7-8(3)5-2/h4-6H,2-3,7H2,1H3/b6-4-. The second-order valence-electron chi connectivity index (χ2n) is 1.64. The molecule has 0 unspecified atom stereocenters. The van der Waals surface area contributed by atoms with Gasteiger partial charge in [0.1, 0.15) is 0 Å². The Kier molecular flexibility index (Phi) is 3.95. The van der Waals surface area contributed by atoms with Gasteiger partial charge in [-0.1, -0.05) is 37.0 Å². The number of allylic oxidation sites excluding steroid dienone is 4. The molecule has 0 radical (unpaired) electrons. The molecule has 0 aliphatic heterocycles. The Balaban J connectivity index is 3.39. The Morgan fingerprint density at radius 3 is 2.62 bits per heavy atom. The van der Waals surface area contributed by atoms with Crippen LogP contribution >= 0.6 is 0 Å². The highest BCUT2D eigenvalue weighted by Crippen LogP contribution is 1.97. The second-order valence-corrected chi connectivity index (χ2v) is 1.64. The van der Waals surface area contributed by atoms with E-state index in [0.717, 1.165) is 12.0 Å². The Hall–Kier alpha value is -0.780. The lowest BCUT2D eigenvalue weighted by Crippen LogP contribution is -1.67. The minimum absolute atomic E-state index is 0.931. The van der Waals surface area contributed by atoms with Crippen LogP contribution in [0.25, 0.3) is 0 Å². The SMILES string of the molecule is C=CC(=C)C/C=C\C. The van der Waals surface area contributed by atoms with Crippen molar-refractivity contribution in [2.45, 2.75) is 13.3 Å². The molecule has 0 aromatic carbocycles. The van der Waals surface area contributed by atoms with Crippen LogP contribution in [0.3, 0.4) is 0 Å². The van der Waals surface area contributed by atoms with Crippen LogP contribution in [0.15, 0.2) is 37.0 Å². The van der Waals surface area contributed by atoms with Crippen molar-refractivity contribution in [1.29, 1.82) is 0 Å². The molecule has 0 heterocycles. The summed E-state index contributed by atoms with van der Waals surface area (Å²) in [7, 11) is 0. The summed E-state index contributed by atoms with van der Waals surface area (Å²) in [6.45, 7) is 9.32. The lowest BCUT2D eigenvalue weighted by molar-refractivity contribution is 1.30. The Morgan fingerprint density at radius 1 is 1.62 bits per heavy atom. The molecular weight excluding hydrogens is 96.1 g/mol. The van der Waals surface area contributed by atoms with Crippen molar-refractivity contribution in [1.82, 2.24) is 0 Å². The largest absolute Gasteiger partial charge is 0.0988 e. The van der Waals surface area contributed by atoms with Gasteiger partial charge in [0.25, 0.3) is 0 Å². The lowest BCUT2D eigenvalue weighted by atomic mass is 10.2. The van der Waals surface area contributed by atoms with E-state index >= 15 is 0 Å². The molecule has 0 nitrogen and oxygen atoms in total. The quantitative estimate of drug-likeness (QED) is 0.385. The average molecular weight is 108 g/mol. The van der Waals surface area contributed by atoms with Gasteiger partial charge in [0.15, 0.2) is 0 Å². The first kappa shape index (κ1) is 7.22. The van der Waals surface area contributed by atoms with Crippen LogP contribution in [0.2, 0.25) is 0 Å². The summed E-state index contributed by atoms with van der Waals surface area (Å²) >= 11 is 0. The molecule has 0 atom stereocenters. The van der Waals surface area contributed by atoms with E-state index in [9.17, 15) is 0 Å². The number of rotatable bonds is 3. The van der Waals surface area contributed by atoms with Crippen LogP contribution < -0.4 is 0 Å². The van der Waals surface area contributed by atoms with Crippen molar-refractivity contribution in [3.63, 3.8) is 0 Å². The third-order valence-electron chi connectivity index (χ3n) is 0.904. The molecule has 0 rings (SSSR count). The fourth-order valence-corrected chi connectivity index (χ4v) is 0.353. The molecule has 0 N–H and O–H groups in total. The predicted molar refractivity (Wildman–Crippen MR) is 38.8 cm³/mol. The molecule has 0 bridgehead atoms. The van der Waals surface area contributed by atoms with Crippen molar-refractivity contribution in [3.8, 4) is 0 Å². The van der Waals surface area contributed by atoms with E-state index in [0.29, 0.717) is 0 Å². The smallest absolute Gasteiger partial charge is 0.0104 e. The molecule has 0 saturated carbocycles. The molecule has 44 valence electrons. The van der Waals surface area contributed by atoms with Crippen LogP contribution in [0.1, 0.15) is 13.3 Å². The first-order chi connectivity index (χ1) is 3.81.